The number of aromatic nitrogens is 2. The number of hydrogen-bond donors (Lipinski definition) is 2. The molecule has 4 N–H and O–H groups in total. The Morgan fingerprint density at radius 3 is 1.81 bits per heavy atom. The minimum Gasteiger partial charge on any atom is -0.396 e. The van der Waals surface area contributed by atoms with Crippen molar-refractivity contribution in [2.24, 2.45) is 0 Å². The third-order valence-corrected chi connectivity index (χ3v) is 11.3. The van der Waals surface area contributed by atoms with Crippen LogP contribution in [0.2, 0.25) is 0 Å². The Balaban J connectivity index is 1.04. The summed E-state index contributed by atoms with van der Waals surface area (Å²) in [4.78, 5) is 2.28. The fourth-order valence-corrected chi connectivity index (χ4v) is 8.66. The lowest BCUT2D eigenvalue weighted by Gasteiger charge is -2.26. The molecule has 0 fully saturated rings. The molecule has 0 amide bonds. The van der Waals surface area contributed by atoms with Crippen molar-refractivity contribution in [2.45, 2.75) is 12.8 Å². The van der Waals surface area contributed by atoms with E-state index in [2.05, 4.69) is 163 Å². The van der Waals surface area contributed by atoms with Crippen molar-refractivity contribution in [2.75, 3.05) is 16.4 Å². The molecule has 258 valence electrons. The number of nitrogen functional groups attached to an aromatic ring is 2. The maximum absolute atomic E-state index is 6.91. The van der Waals surface area contributed by atoms with Gasteiger partial charge in [-0.2, -0.15) is 8.75 Å². The SMILES string of the molecule is Nc1c(N)c(-c2ccc3c(c2)CCC=C3)c2nsnc2c1-c1ccc(N(c2ccccc2)c2ccc(-c3cc4ccccc4c4ccccc34)cc2)cc1. The van der Waals surface area contributed by atoms with E-state index < -0.39 is 0 Å². The number of benzene rings is 8. The third kappa shape index (κ3) is 5.30. The molecular weight excluding hydrogens is 679 g/mol. The molecule has 10 rings (SSSR count). The molecule has 5 nitrogen and oxygen atoms in total. The second-order valence-corrected chi connectivity index (χ2v) is 14.4. The number of para-hydroxylation sites is 1. The van der Waals surface area contributed by atoms with Gasteiger partial charge >= 0.3 is 0 Å². The summed E-state index contributed by atoms with van der Waals surface area (Å²) in [5.74, 6) is 0. The molecule has 0 atom stereocenters. The van der Waals surface area contributed by atoms with Crippen molar-refractivity contribution in [1.82, 2.24) is 8.75 Å². The summed E-state index contributed by atoms with van der Waals surface area (Å²) < 4.78 is 9.52. The number of allylic oxidation sites excluding steroid dienone is 1. The third-order valence-electron chi connectivity index (χ3n) is 10.7. The highest BCUT2D eigenvalue weighted by molar-refractivity contribution is 7.00. The van der Waals surface area contributed by atoms with Crippen molar-refractivity contribution in [3.63, 3.8) is 0 Å². The first-order chi connectivity index (χ1) is 26.6. The summed E-state index contributed by atoms with van der Waals surface area (Å²) in [6.07, 6.45) is 6.45. The van der Waals surface area contributed by atoms with Crippen molar-refractivity contribution < 1.29 is 0 Å². The van der Waals surface area contributed by atoms with Gasteiger partial charge in [-0.05, 0) is 110 Å². The van der Waals surface area contributed by atoms with E-state index in [1.807, 2.05) is 6.07 Å². The van der Waals surface area contributed by atoms with E-state index in [4.69, 9.17) is 20.2 Å². The fraction of sp³-hybridized carbons (Fsp3) is 0.0417. The van der Waals surface area contributed by atoms with Gasteiger partial charge in [-0.3, -0.25) is 0 Å². The van der Waals surface area contributed by atoms with Gasteiger partial charge in [0.1, 0.15) is 11.0 Å². The van der Waals surface area contributed by atoms with E-state index in [0.29, 0.717) is 11.4 Å². The number of fused-ring (bicyclic) bond motifs is 5. The highest BCUT2D eigenvalue weighted by atomic mass is 32.1. The first-order valence-electron chi connectivity index (χ1n) is 18.2. The Labute approximate surface area is 317 Å². The van der Waals surface area contributed by atoms with Crippen LogP contribution in [0.1, 0.15) is 17.5 Å². The quantitative estimate of drug-likeness (QED) is 0.132. The summed E-state index contributed by atoms with van der Waals surface area (Å²) in [7, 11) is 0. The van der Waals surface area contributed by atoms with Crippen LogP contribution in [0.4, 0.5) is 28.4 Å². The van der Waals surface area contributed by atoms with Crippen molar-refractivity contribution in [3.05, 3.63) is 169 Å². The molecule has 0 unspecified atom stereocenters. The second-order valence-electron chi connectivity index (χ2n) is 13.8. The van der Waals surface area contributed by atoms with E-state index >= 15 is 0 Å². The summed E-state index contributed by atoms with van der Waals surface area (Å²) in [5.41, 5.74) is 28.1. The molecule has 1 aromatic heterocycles. The van der Waals surface area contributed by atoms with Crippen LogP contribution in [0.25, 0.3) is 72.0 Å². The highest BCUT2D eigenvalue weighted by Gasteiger charge is 2.23. The molecule has 1 heterocycles. The lowest BCUT2D eigenvalue weighted by Crippen LogP contribution is -2.09. The summed E-state index contributed by atoms with van der Waals surface area (Å²) in [6, 6.07) is 53.9. The van der Waals surface area contributed by atoms with Crippen LogP contribution < -0.4 is 16.4 Å². The predicted molar refractivity (Wildman–Crippen MR) is 230 cm³/mol. The van der Waals surface area contributed by atoms with Crippen LogP contribution in [0.5, 0.6) is 0 Å². The van der Waals surface area contributed by atoms with Gasteiger partial charge in [0.2, 0.25) is 0 Å². The van der Waals surface area contributed by atoms with E-state index in [1.165, 1.54) is 55.5 Å². The van der Waals surface area contributed by atoms with Gasteiger partial charge in [0.25, 0.3) is 0 Å². The first-order valence-corrected chi connectivity index (χ1v) is 18.9. The van der Waals surface area contributed by atoms with E-state index in [0.717, 1.165) is 63.2 Å². The highest BCUT2D eigenvalue weighted by Crippen LogP contribution is 2.46. The number of aryl methyl sites for hydroxylation is 1. The molecular formula is C48H35N5S. The van der Waals surface area contributed by atoms with Gasteiger partial charge in [0.05, 0.1) is 23.1 Å². The van der Waals surface area contributed by atoms with E-state index in [-0.39, 0.29) is 0 Å². The fourth-order valence-electron chi connectivity index (χ4n) is 8.10. The largest absolute Gasteiger partial charge is 0.396 e. The van der Waals surface area contributed by atoms with Gasteiger partial charge < -0.3 is 16.4 Å². The van der Waals surface area contributed by atoms with Gasteiger partial charge in [-0.1, -0.05) is 121 Å². The zero-order valence-corrected chi connectivity index (χ0v) is 30.2. The second kappa shape index (κ2) is 13.0. The topological polar surface area (TPSA) is 81.1 Å². The van der Waals surface area contributed by atoms with Crippen LogP contribution in [0.3, 0.4) is 0 Å². The Hall–Kier alpha value is -6.76. The zero-order valence-electron chi connectivity index (χ0n) is 29.4. The normalized spacial score (nSPS) is 12.4. The Kier molecular flexibility index (Phi) is 7.70. The van der Waals surface area contributed by atoms with Crippen LogP contribution >= 0.6 is 11.7 Å². The van der Waals surface area contributed by atoms with Gasteiger partial charge in [0, 0.05) is 28.2 Å². The van der Waals surface area contributed by atoms with Gasteiger partial charge in [-0.15, -0.1) is 0 Å². The average Bonchev–Trinajstić information content (AvgIpc) is 3.71. The molecule has 0 aliphatic heterocycles. The van der Waals surface area contributed by atoms with Crippen molar-refractivity contribution >= 4 is 78.8 Å². The maximum atomic E-state index is 6.91. The Morgan fingerprint density at radius 2 is 1.09 bits per heavy atom. The number of hydrogen-bond acceptors (Lipinski definition) is 6. The molecule has 0 saturated carbocycles. The molecule has 6 heteroatoms. The molecule has 54 heavy (non-hydrogen) atoms. The molecule has 9 aromatic rings. The first kappa shape index (κ1) is 31.9. The molecule has 0 spiro atoms. The summed E-state index contributed by atoms with van der Waals surface area (Å²) in [5, 5.41) is 5.02. The number of anilines is 5. The van der Waals surface area contributed by atoms with Crippen LogP contribution in [-0.2, 0) is 6.42 Å². The number of rotatable bonds is 6. The van der Waals surface area contributed by atoms with Crippen LogP contribution in [-0.4, -0.2) is 8.75 Å². The standard InChI is InChI=1S/C48H35N5S/c49-45-43(47-48(52-54-51-47)44(46(45)50)35-19-18-30-10-4-5-11-33(30)28-35)32-22-26-38(27-23-32)53(36-13-2-1-3-14-36)37-24-20-31(21-25-37)42-29-34-12-6-7-15-39(34)40-16-8-9-17-41(40)42/h1-4,6-10,12-29H,5,11,49-50H2. The van der Waals surface area contributed by atoms with Crippen molar-refractivity contribution in [1.29, 1.82) is 0 Å². The summed E-state index contributed by atoms with van der Waals surface area (Å²) in [6.45, 7) is 0. The molecule has 0 saturated heterocycles. The van der Waals surface area contributed by atoms with Crippen LogP contribution in [0, 0.1) is 0 Å². The molecule has 0 radical (unpaired) electrons. The molecule has 8 aromatic carbocycles. The zero-order chi connectivity index (χ0) is 36.2. The number of nitrogens with two attached hydrogens (primary N) is 2. The van der Waals surface area contributed by atoms with Crippen LogP contribution in [0.15, 0.2) is 158 Å². The number of nitrogens with zero attached hydrogens (tertiary/aromatic N) is 3. The molecule has 0 bridgehead atoms. The van der Waals surface area contributed by atoms with E-state index in [9.17, 15) is 0 Å². The average molecular weight is 714 g/mol. The molecule has 1 aliphatic carbocycles. The minimum absolute atomic E-state index is 0.521. The van der Waals surface area contributed by atoms with Gasteiger partial charge in [0.15, 0.2) is 0 Å². The lowest BCUT2D eigenvalue weighted by atomic mass is 9.90. The maximum Gasteiger partial charge on any atom is 0.115 e. The lowest BCUT2D eigenvalue weighted by molar-refractivity contribution is 0.986. The monoisotopic (exact) mass is 713 g/mol. The predicted octanol–water partition coefficient (Wildman–Crippen LogP) is 12.6. The van der Waals surface area contributed by atoms with Gasteiger partial charge in [-0.25, -0.2) is 0 Å². The minimum atomic E-state index is 0.521. The Morgan fingerprint density at radius 1 is 0.519 bits per heavy atom. The van der Waals surface area contributed by atoms with E-state index in [1.54, 1.807) is 0 Å². The summed E-state index contributed by atoms with van der Waals surface area (Å²) >= 11 is 1.19. The Bertz CT molecular complexity index is 2890. The smallest absolute Gasteiger partial charge is 0.115 e. The van der Waals surface area contributed by atoms with Crippen molar-refractivity contribution in [3.8, 4) is 33.4 Å². The molecule has 1 aliphatic rings.